The summed E-state index contributed by atoms with van der Waals surface area (Å²) in [6.07, 6.45) is 11.2. The first-order valence-corrected chi connectivity index (χ1v) is 12.0. The van der Waals surface area contributed by atoms with E-state index in [1.54, 1.807) is 16.7 Å². The first-order chi connectivity index (χ1) is 14.6. The van der Waals surface area contributed by atoms with Crippen LogP contribution in [0.5, 0.6) is 0 Å². The van der Waals surface area contributed by atoms with Gasteiger partial charge in [-0.3, -0.25) is 9.69 Å². The highest BCUT2D eigenvalue weighted by molar-refractivity contribution is 5.90. The van der Waals surface area contributed by atoms with E-state index < -0.39 is 18.2 Å². The average Bonchev–Trinajstić information content (AvgIpc) is 2.78. The van der Waals surface area contributed by atoms with Gasteiger partial charge in [-0.15, -0.1) is 0 Å². The van der Waals surface area contributed by atoms with Gasteiger partial charge in [-0.2, -0.15) is 0 Å². The second-order valence-electron chi connectivity index (χ2n) is 8.38. The third kappa shape index (κ3) is 7.17. The first kappa shape index (κ1) is 24.5. The normalized spacial score (nSPS) is 21.9. The van der Waals surface area contributed by atoms with Crippen molar-refractivity contribution >= 4 is 18.0 Å². The molecule has 0 saturated carbocycles. The third-order valence-electron chi connectivity index (χ3n) is 6.09. The smallest absolute Gasteiger partial charge is 0.410 e. The topological polar surface area (TPSA) is 76.2 Å². The number of piperidine rings is 2. The fraction of sp³-hybridized carbons (Fsp3) is 0.870. The zero-order valence-corrected chi connectivity index (χ0v) is 18.9. The first-order valence-electron chi connectivity index (χ1n) is 12.0. The van der Waals surface area contributed by atoms with Crippen LogP contribution in [0.15, 0.2) is 0 Å². The van der Waals surface area contributed by atoms with E-state index in [0.29, 0.717) is 32.5 Å². The molecule has 2 amide bonds. The molecule has 0 spiro atoms. The molecule has 172 valence electrons. The molecule has 0 aromatic carbocycles. The minimum atomic E-state index is -0.537. The van der Waals surface area contributed by atoms with Crippen LogP contribution in [0.1, 0.15) is 90.9 Å². The Balaban J connectivity index is 1.90. The van der Waals surface area contributed by atoms with Gasteiger partial charge in [0.1, 0.15) is 12.1 Å². The van der Waals surface area contributed by atoms with Gasteiger partial charge in [-0.1, -0.05) is 39.0 Å². The lowest BCUT2D eigenvalue weighted by atomic mass is 9.97. The SMILES string of the molecule is CCCCCCCCOC(=O)C1CCCCN1C(=O)C1CCCCN1C(=O)OCC. The molecule has 2 saturated heterocycles. The molecule has 0 aromatic heterocycles. The van der Waals surface area contributed by atoms with Crippen LogP contribution >= 0.6 is 0 Å². The number of ether oxygens (including phenoxy) is 2. The van der Waals surface area contributed by atoms with Crippen molar-refractivity contribution in [3.63, 3.8) is 0 Å². The maximum atomic E-state index is 13.3. The number of unbranched alkanes of at least 4 members (excludes halogenated alkanes) is 5. The van der Waals surface area contributed by atoms with Crippen molar-refractivity contribution in [3.05, 3.63) is 0 Å². The Kier molecular flexibility index (Phi) is 11.0. The van der Waals surface area contributed by atoms with Crippen molar-refractivity contribution in [3.8, 4) is 0 Å². The lowest BCUT2D eigenvalue weighted by Gasteiger charge is -2.40. The van der Waals surface area contributed by atoms with Crippen molar-refractivity contribution in [2.45, 2.75) is 103 Å². The summed E-state index contributed by atoms with van der Waals surface area (Å²) in [5.74, 6) is -0.431. The molecule has 2 aliphatic heterocycles. The highest BCUT2D eigenvalue weighted by Gasteiger charge is 2.40. The van der Waals surface area contributed by atoms with E-state index in [2.05, 4.69) is 6.92 Å². The van der Waals surface area contributed by atoms with Crippen LogP contribution in [0.2, 0.25) is 0 Å². The molecule has 2 rings (SSSR count). The van der Waals surface area contributed by atoms with Gasteiger partial charge >= 0.3 is 12.1 Å². The molecule has 30 heavy (non-hydrogen) atoms. The van der Waals surface area contributed by atoms with Gasteiger partial charge in [0.15, 0.2) is 0 Å². The summed E-state index contributed by atoms with van der Waals surface area (Å²) in [5.41, 5.74) is 0. The van der Waals surface area contributed by atoms with Gasteiger partial charge in [-0.05, 0) is 51.9 Å². The molecular formula is C23H40N2O5. The zero-order valence-electron chi connectivity index (χ0n) is 18.9. The number of nitrogens with zero attached hydrogens (tertiary/aromatic N) is 2. The van der Waals surface area contributed by atoms with Gasteiger partial charge in [0, 0.05) is 13.1 Å². The van der Waals surface area contributed by atoms with Crippen LogP contribution < -0.4 is 0 Å². The molecule has 2 heterocycles. The van der Waals surface area contributed by atoms with Crippen LogP contribution in [0.4, 0.5) is 4.79 Å². The van der Waals surface area contributed by atoms with E-state index in [-0.39, 0.29) is 18.5 Å². The third-order valence-corrected chi connectivity index (χ3v) is 6.09. The van der Waals surface area contributed by atoms with E-state index in [9.17, 15) is 14.4 Å². The quantitative estimate of drug-likeness (QED) is 0.386. The van der Waals surface area contributed by atoms with Crippen molar-refractivity contribution in [2.24, 2.45) is 0 Å². The summed E-state index contributed by atoms with van der Waals surface area (Å²) in [6.45, 7) is 5.73. The summed E-state index contributed by atoms with van der Waals surface area (Å²) < 4.78 is 10.7. The lowest BCUT2D eigenvalue weighted by molar-refractivity contribution is -0.159. The largest absolute Gasteiger partial charge is 0.464 e. The van der Waals surface area contributed by atoms with Gasteiger partial charge in [-0.25, -0.2) is 9.59 Å². The van der Waals surface area contributed by atoms with Crippen LogP contribution in [0, 0.1) is 0 Å². The second-order valence-corrected chi connectivity index (χ2v) is 8.38. The number of carbonyl (C=O) groups is 3. The highest BCUT2D eigenvalue weighted by atomic mass is 16.6. The van der Waals surface area contributed by atoms with E-state index in [0.717, 1.165) is 38.5 Å². The monoisotopic (exact) mass is 424 g/mol. The van der Waals surface area contributed by atoms with Crippen molar-refractivity contribution < 1.29 is 23.9 Å². The number of amides is 2. The van der Waals surface area contributed by atoms with Crippen LogP contribution in [-0.2, 0) is 19.1 Å². The zero-order chi connectivity index (χ0) is 21.8. The molecule has 0 aromatic rings. The van der Waals surface area contributed by atoms with E-state index in [4.69, 9.17) is 9.47 Å². The number of hydrogen-bond acceptors (Lipinski definition) is 5. The highest BCUT2D eigenvalue weighted by Crippen LogP contribution is 2.25. The molecule has 2 atom stereocenters. The summed E-state index contributed by atoms with van der Waals surface area (Å²) in [7, 11) is 0. The Bertz CT molecular complexity index is 554. The standard InChI is InChI=1S/C23H40N2O5/c1-3-5-6-7-8-13-18-30-22(27)20-15-10-11-16-24(20)21(26)19-14-9-12-17-25(19)23(28)29-4-2/h19-20H,3-18H2,1-2H3. The molecule has 7 heteroatoms. The van der Waals surface area contributed by atoms with Crippen LogP contribution in [0.3, 0.4) is 0 Å². The van der Waals surface area contributed by atoms with Gasteiger partial charge in [0.05, 0.1) is 13.2 Å². The predicted octanol–water partition coefficient (Wildman–Crippen LogP) is 4.28. The molecule has 0 aliphatic carbocycles. The number of rotatable bonds is 10. The fourth-order valence-electron chi connectivity index (χ4n) is 4.40. The van der Waals surface area contributed by atoms with Crippen molar-refractivity contribution in [1.29, 1.82) is 0 Å². The molecule has 0 radical (unpaired) electrons. The summed E-state index contributed by atoms with van der Waals surface area (Å²) in [6, 6.07) is -1.07. The second kappa shape index (κ2) is 13.5. The minimum absolute atomic E-state index is 0.135. The van der Waals surface area contributed by atoms with Gasteiger partial charge in [0.25, 0.3) is 0 Å². The van der Waals surface area contributed by atoms with E-state index in [1.807, 2.05) is 0 Å². The molecule has 2 unspecified atom stereocenters. The summed E-state index contributed by atoms with van der Waals surface area (Å²) in [4.78, 5) is 41.6. The van der Waals surface area contributed by atoms with Crippen LogP contribution in [-0.4, -0.2) is 66.2 Å². The molecule has 7 nitrogen and oxygen atoms in total. The van der Waals surface area contributed by atoms with Crippen LogP contribution in [0.25, 0.3) is 0 Å². The Labute approximate surface area is 181 Å². The molecule has 0 N–H and O–H groups in total. The maximum Gasteiger partial charge on any atom is 0.410 e. The Hall–Kier alpha value is -1.79. The number of hydrogen-bond donors (Lipinski definition) is 0. The predicted molar refractivity (Wildman–Crippen MR) is 115 cm³/mol. The molecule has 0 bridgehead atoms. The average molecular weight is 425 g/mol. The molecular weight excluding hydrogens is 384 g/mol. The Morgan fingerprint density at radius 2 is 1.40 bits per heavy atom. The summed E-state index contributed by atoms with van der Waals surface area (Å²) in [5, 5.41) is 0. The Morgan fingerprint density at radius 1 is 0.767 bits per heavy atom. The van der Waals surface area contributed by atoms with Crippen molar-refractivity contribution in [1.82, 2.24) is 9.80 Å². The lowest BCUT2D eigenvalue weighted by Crippen LogP contribution is -2.58. The number of likely N-dealkylation sites (tertiary alicyclic amines) is 2. The number of carbonyl (C=O) groups excluding carboxylic acids is 3. The Morgan fingerprint density at radius 3 is 2.10 bits per heavy atom. The molecule has 2 aliphatic rings. The van der Waals surface area contributed by atoms with Gasteiger partial charge in [0.2, 0.25) is 5.91 Å². The van der Waals surface area contributed by atoms with E-state index >= 15 is 0 Å². The molecule has 2 fully saturated rings. The van der Waals surface area contributed by atoms with E-state index in [1.165, 1.54) is 25.7 Å². The minimum Gasteiger partial charge on any atom is -0.464 e. The van der Waals surface area contributed by atoms with Gasteiger partial charge < -0.3 is 14.4 Å². The summed E-state index contributed by atoms with van der Waals surface area (Å²) >= 11 is 0. The van der Waals surface area contributed by atoms with Crippen molar-refractivity contribution in [2.75, 3.05) is 26.3 Å². The fourth-order valence-corrected chi connectivity index (χ4v) is 4.40. The number of esters is 1. The maximum absolute atomic E-state index is 13.3.